The molecule has 1 rings (SSSR count). The zero-order valence-corrected chi connectivity index (χ0v) is 6.43. The van der Waals surface area contributed by atoms with Crippen LogP contribution in [0.4, 0.5) is 4.39 Å². The zero-order chi connectivity index (χ0) is 7.72. The van der Waals surface area contributed by atoms with Gasteiger partial charge in [-0.1, -0.05) is 0 Å². The molecular weight excluding hydrogens is 131 g/mol. The SMILES string of the molecule is CC(=O)C1CC([C@H](C)F)C1. The predicted molar refractivity (Wildman–Crippen MR) is 37.5 cm³/mol. The Labute approximate surface area is 60.6 Å². The summed E-state index contributed by atoms with van der Waals surface area (Å²) >= 11 is 0. The highest BCUT2D eigenvalue weighted by molar-refractivity contribution is 5.79. The molecule has 0 bridgehead atoms. The maximum Gasteiger partial charge on any atom is 0.132 e. The van der Waals surface area contributed by atoms with Crippen molar-refractivity contribution in [1.29, 1.82) is 0 Å². The second kappa shape index (κ2) is 2.69. The molecule has 0 N–H and O–H groups in total. The lowest BCUT2D eigenvalue weighted by Gasteiger charge is -2.34. The van der Waals surface area contributed by atoms with E-state index in [1.54, 1.807) is 13.8 Å². The van der Waals surface area contributed by atoms with E-state index in [4.69, 9.17) is 0 Å². The van der Waals surface area contributed by atoms with E-state index in [2.05, 4.69) is 0 Å². The van der Waals surface area contributed by atoms with Crippen LogP contribution in [0.15, 0.2) is 0 Å². The van der Waals surface area contributed by atoms with E-state index in [1.165, 1.54) is 0 Å². The fourth-order valence-electron chi connectivity index (χ4n) is 1.37. The Morgan fingerprint density at radius 2 is 2.10 bits per heavy atom. The summed E-state index contributed by atoms with van der Waals surface area (Å²) in [6, 6.07) is 0. The monoisotopic (exact) mass is 144 g/mol. The van der Waals surface area contributed by atoms with Gasteiger partial charge in [-0.15, -0.1) is 0 Å². The summed E-state index contributed by atoms with van der Waals surface area (Å²) in [6.07, 6.45) is 0.815. The van der Waals surface area contributed by atoms with Crippen molar-refractivity contribution < 1.29 is 9.18 Å². The molecule has 1 nitrogen and oxygen atoms in total. The molecule has 0 aliphatic heterocycles. The lowest BCUT2D eigenvalue weighted by Crippen LogP contribution is -2.33. The Morgan fingerprint density at radius 3 is 2.40 bits per heavy atom. The van der Waals surface area contributed by atoms with E-state index in [1.807, 2.05) is 0 Å². The summed E-state index contributed by atoms with van der Waals surface area (Å²) in [7, 11) is 0. The summed E-state index contributed by atoms with van der Waals surface area (Å²) in [5, 5.41) is 0. The van der Waals surface area contributed by atoms with E-state index < -0.39 is 6.17 Å². The molecule has 0 saturated heterocycles. The molecule has 0 radical (unpaired) electrons. The number of carbonyl (C=O) groups excluding carboxylic acids is 1. The maximum absolute atomic E-state index is 12.5. The zero-order valence-electron chi connectivity index (χ0n) is 6.43. The Balaban J connectivity index is 2.24. The standard InChI is InChI=1S/C8H13FO/c1-5(9)7-3-8(4-7)6(2)10/h5,7-8H,3-4H2,1-2H3/t5-,7?,8?/m0/s1. The molecule has 0 aromatic carbocycles. The van der Waals surface area contributed by atoms with E-state index in [0.29, 0.717) is 0 Å². The van der Waals surface area contributed by atoms with Crippen molar-refractivity contribution in [3.63, 3.8) is 0 Å². The number of Topliss-reactive ketones (excluding diaryl/α,β-unsaturated/α-hetero) is 1. The largest absolute Gasteiger partial charge is 0.300 e. The Kier molecular flexibility index (Phi) is 2.07. The normalized spacial score (nSPS) is 34.7. The van der Waals surface area contributed by atoms with Crippen LogP contribution in [0.5, 0.6) is 0 Å². The third-order valence-corrected chi connectivity index (χ3v) is 2.40. The smallest absolute Gasteiger partial charge is 0.132 e. The van der Waals surface area contributed by atoms with Gasteiger partial charge in [-0.3, -0.25) is 4.79 Å². The first-order valence-corrected chi connectivity index (χ1v) is 3.75. The van der Waals surface area contributed by atoms with Gasteiger partial charge in [-0.25, -0.2) is 4.39 Å². The van der Waals surface area contributed by atoms with Crippen molar-refractivity contribution in [2.24, 2.45) is 11.8 Å². The molecule has 1 atom stereocenters. The number of rotatable bonds is 2. The van der Waals surface area contributed by atoms with Gasteiger partial charge in [0.05, 0.1) is 0 Å². The van der Waals surface area contributed by atoms with Crippen LogP contribution in [0.3, 0.4) is 0 Å². The maximum atomic E-state index is 12.5. The van der Waals surface area contributed by atoms with Crippen molar-refractivity contribution in [3.8, 4) is 0 Å². The van der Waals surface area contributed by atoms with E-state index >= 15 is 0 Å². The molecule has 1 aliphatic rings. The quantitative estimate of drug-likeness (QED) is 0.579. The van der Waals surface area contributed by atoms with Crippen molar-refractivity contribution in [1.82, 2.24) is 0 Å². The molecule has 0 heterocycles. The predicted octanol–water partition coefficient (Wildman–Crippen LogP) is 1.96. The molecule has 10 heavy (non-hydrogen) atoms. The summed E-state index contributed by atoms with van der Waals surface area (Å²) < 4.78 is 12.5. The second-order valence-electron chi connectivity index (χ2n) is 3.22. The Morgan fingerprint density at radius 1 is 1.60 bits per heavy atom. The molecular formula is C8H13FO. The molecule has 1 aliphatic carbocycles. The molecule has 1 saturated carbocycles. The summed E-state index contributed by atoms with van der Waals surface area (Å²) in [5.74, 6) is 0.550. The number of ketones is 1. The lowest BCUT2D eigenvalue weighted by molar-refractivity contribution is -0.125. The lowest BCUT2D eigenvalue weighted by atomic mass is 9.71. The van der Waals surface area contributed by atoms with Gasteiger partial charge in [0.2, 0.25) is 0 Å². The van der Waals surface area contributed by atoms with Gasteiger partial charge in [0.25, 0.3) is 0 Å². The first-order valence-electron chi connectivity index (χ1n) is 3.75. The van der Waals surface area contributed by atoms with Crippen LogP contribution >= 0.6 is 0 Å². The number of carbonyl (C=O) groups is 1. The highest BCUT2D eigenvalue weighted by Gasteiger charge is 2.35. The van der Waals surface area contributed by atoms with Gasteiger partial charge in [0.15, 0.2) is 0 Å². The van der Waals surface area contributed by atoms with Crippen molar-refractivity contribution in [2.75, 3.05) is 0 Å². The highest BCUT2D eigenvalue weighted by atomic mass is 19.1. The van der Waals surface area contributed by atoms with Crippen LogP contribution in [-0.2, 0) is 4.79 Å². The Bertz CT molecular complexity index is 136. The summed E-state index contributed by atoms with van der Waals surface area (Å²) in [4.78, 5) is 10.7. The molecule has 2 heteroatoms. The van der Waals surface area contributed by atoms with Gasteiger partial charge >= 0.3 is 0 Å². The van der Waals surface area contributed by atoms with Crippen LogP contribution in [0.2, 0.25) is 0 Å². The van der Waals surface area contributed by atoms with E-state index in [0.717, 1.165) is 12.8 Å². The van der Waals surface area contributed by atoms with E-state index in [9.17, 15) is 9.18 Å². The van der Waals surface area contributed by atoms with Gasteiger partial charge < -0.3 is 0 Å². The molecule has 58 valence electrons. The number of hydrogen-bond donors (Lipinski definition) is 0. The average molecular weight is 144 g/mol. The van der Waals surface area contributed by atoms with Crippen LogP contribution in [-0.4, -0.2) is 12.0 Å². The minimum Gasteiger partial charge on any atom is -0.300 e. The second-order valence-corrected chi connectivity index (χ2v) is 3.22. The number of hydrogen-bond acceptors (Lipinski definition) is 1. The first-order chi connectivity index (χ1) is 4.61. The minimum absolute atomic E-state index is 0.161. The van der Waals surface area contributed by atoms with Crippen LogP contribution in [0.1, 0.15) is 26.7 Å². The Hall–Kier alpha value is -0.400. The molecule has 0 amide bonds. The van der Waals surface area contributed by atoms with Crippen LogP contribution in [0, 0.1) is 11.8 Å². The number of halogens is 1. The van der Waals surface area contributed by atoms with E-state index in [-0.39, 0.29) is 17.6 Å². The van der Waals surface area contributed by atoms with Crippen molar-refractivity contribution in [2.45, 2.75) is 32.9 Å². The average Bonchev–Trinajstić information content (AvgIpc) is 1.56. The van der Waals surface area contributed by atoms with Crippen molar-refractivity contribution >= 4 is 5.78 Å². The topological polar surface area (TPSA) is 17.1 Å². The molecule has 0 spiro atoms. The molecule has 1 fully saturated rings. The van der Waals surface area contributed by atoms with Gasteiger partial charge in [0.1, 0.15) is 12.0 Å². The van der Waals surface area contributed by atoms with Gasteiger partial charge in [-0.05, 0) is 32.6 Å². The fourth-order valence-corrected chi connectivity index (χ4v) is 1.37. The van der Waals surface area contributed by atoms with Crippen LogP contribution in [0.25, 0.3) is 0 Å². The van der Waals surface area contributed by atoms with Gasteiger partial charge in [0, 0.05) is 5.92 Å². The van der Waals surface area contributed by atoms with Crippen molar-refractivity contribution in [3.05, 3.63) is 0 Å². The van der Waals surface area contributed by atoms with Gasteiger partial charge in [-0.2, -0.15) is 0 Å². The summed E-state index contributed by atoms with van der Waals surface area (Å²) in [6.45, 7) is 3.16. The molecule has 0 unspecified atom stereocenters. The minimum atomic E-state index is -0.726. The third kappa shape index (κ3) is 1.36. The van der Waals surface area contributed by atoms with Crippen LogP contribution < -0.4 is 0 Å². The number of alkyl halides is 1. The molecule has 0 aromatic heterocycles. The third-order valence-electron chi connectivity index (χ3n) is 2.40. The fraction of sp³-hybridized carbons (Fsp3) is 0.875. The summed E-state index contributed by atoms with van der Waals surface area (Å²) in [5.41, 5.74) is 0. The first kappa shape index (κ1) is 7.70. The molecule has 0 aromatic rings. The highest BCUT2D eigenvalue weighted by Crippen LogP contribution is 2.37.